The number of hydrogen-bond acceptors (Lipinski definition) is 2. The first-order chi connectivity index (χ1) is 10.0. The number of nitrogens with two attached hydrogens (primary N) is 1. The van der Waals surface area contributed by atoms with E-state index in [-0.39, 0.29) is 5.91 Å². The van der Waals surface area contributed by atoms with Crippen LogP contribution in [0.5, 0.6) is 0 Å². The van der Waals surface area contributed by atoms with Gasteiger partial charge in [0.2, 0.25) is 5.91 Å². The molecule has 0 saturated heterocycles. The fraction of sp³-hybridized carbons (Fsp3) is 0.250. The summed E-state index contributed by atoms with van der Waals surface area (Å²) < 4.78 is 1.04. The molecular weight excluding hydrogens is 348 g/mol. The standard InChI is InChI=1S/C16H15BrN2OS/c17-12-4-2-11-9-13(5-3-10(11)8-12)19-15(20)16(14(18)21)6-1-7-16/h2-5,8-9H,1,6-7H2,(H2,18,21)(H,19,20). The summed E-state index contributed by atoms with van der Waals surface area (Å²) >= 11 is 8.53. The van der Waals surface area contributed by atoms with Gasteiger partial charge in [0.05, 0.1) is 10.4 Å². The molecule has 1 fully saturated rings. The second-order valence-electron chi connectivity index (χ2n) is 5.46. The first-order valence-corrected chi connectivity index (χ1v) is 8.02. The maximum Gasteiger partial charge on any atom is 0.237 e. The molecule has 2 aromatic rings. The molecule has 0 aliphatic heterocycles. The molecule has 0 radical (unpaired) electrons. The number of hydrogen-bond donors (Lipinski definition) is 2. The van der Waals surface area contributed by atoms with Gasteiger partial charge in [-0.1, -0.05) is 46.7 Å². The van der Waals surface area contributed by atoms with Crippen LogP contribution in [0, 0.1) is 5.41 Å². The zero-order chi connectivity index (χ0) is 15.0. The van der Waals surface area contributed by atoms with E-state index in [1.54, 1.807) is 0 Å². The van der Waals surface area contributed by atoms with Crippen LogP contribution in [0.4, 0.5) is 5.69 Å². The number of carbonyl (C=O) groups is 1. The van der Waals surface area contributed by atoms with Crippen molar-refractivity contribution in [3.63, 3.8) is 0 Å². The van der Waals surface area contributed by atoms with Crippen molar-refractivity contribution in [2.24, 2.45) is 11.1 Å². The van der Waals surface area contributed by atoms with Crippen LogP contribution in [-0.4, -0.2) is 10.9 Å². The minimum absolute atomic E-state index is 0.0855. The Hall–Kier alpha value is -1.46. The lowest BCUT2D eigenvalue weighted by molar-refractivity contribution is -0.125. The Bertz CT molecular complexity index is 740. The summed E-state index contributed by atoms with van der Waals surface area (Å²) in [5.74, 6) is -0.0855. The zero-order valence-corrected chi connectivity index (χ0v) is 13.8. The molecule has 3 rings (SSSR count). The van der Waals surface area contributed by atoms with E-state index in [1.807, 2.05) is 36.4 Å². The number of nitrogens with one attached hydrogen (secondary N) is 1. The van der Waals surface area contributed by atoms with Gasteiger partial charge in [0.25, 0.3) is 0 Å². The number of carbonyl (C=O) groups excluding carboxylic acids is 1. The van der Waals surface area contributed by atoms with Crippen molar-refractivity contribution in [2.45, 2.75) is 19.3 Å². The predicted octanol–water partition coefficient (Wildman–Crippen LogP) is 4.00. The first-order valence-electron chi connectivity index (χ1n) is 6.82. The molecule has 0 unspecified atom stereocenters. The van der Waals surface area contributed by atoms with E-state index >= 15 is 0 Å². The first kappa shape index (κ1) is 14.5. The van der Waals surface area contributed by atoms with Crippen LogP contribution in [0.3, 0.4) is 0 Å². The Labute approximate surface area is 137 Å². The normalized spacial score (nSPS) is 16.2. The fourth-order valence-electron chi connectivity index (χ4n) is 2.66. The van der Waals surface area contributed by atoms with Crippen LogP contribution in [0.2, 0.25) is 0 Å². The molecule has 3 N–H and O–H groups in total. The Kier molecular flexibility index (Phi) is 3.71. The van der Waals surface area contributed by atoms with Crippen molar-refractivity contribution >= 4 is 55.5 Å². The second-order valence-corrected chi connectivity index (χ2v) is 6.82. The summed E-state index contributed by atoms with van der Waals surface area (Å²) in [7, 11) is 0. The maximum absolute atomic E-state index is 12.5. The summed E-state index contributed by atoms with van der Waals surface area (Å²) in [6.45, 7) is 0. The van der Waals surface area contributed by atoms with Crippen molar-refractivity contribution in [1.29, 1.82) is 0 Å². The number of halogens is 1. The molecule has 1 amide bonds. The summed E-state index contributed by atoms with van der Waals surface area (Å²) in [5, 5.41) is 5.15. The monoisotopic (exact) mass is 362 g/mol. The fourth-order valence-corrected chi connectivity index (χ4v) is 3.34. The van der Waals surface area contributed by atoms with Gasteiger partial charge in [-0.3, -0.25) is 4.79 Å². The number of fused-ring (bicyclic) bond motifs is 1. The Balaban J connectivity index is 1.86. The lowest BCUT2D eigenvalue weighted by Gasteiger charge is -2.39. The number of benzene rings is 2. The molecule has 0 atom stereocenters. The molecule has 1 aliphatic rings. The Morgan fingerprint density at radius 1 is 1.19 bits per heavy atom. The third kappa shape index (κ3) is 2.56. The summed E-state index contributed by atoms with van der Waals surface area (Å²) in [6, 6.07) is 11.9. The minimum Gasteiger partial charge on any atom is -0.392 e. The summed E-state index contributed by atoms with van der Waals surface area (Å²) in [5.41, 5.74) is 5.89. The molecule has 2 aromatic carbocycles. The van der Waals surface area contributed by atoms with E-state index in [1.165, 1.54) is 0 Å². The molecule has 0 spiro atoms. The number of rotatable bonds is 3. The van der Waals surface area contributed by atoms with Gasteiger partial charge in [-0.2, -0.15) is 0 Å². The quantitative estimate of drug-likeness (QED) is 0.811. The molecule has 5 heteroatoms. The van der Waals surface area contributed by atoms with Gasteiger partial charge in [-0.15, -0.1) is 0 Å². The van der Waals surface area contributed by atoms with Gasteiger partial charge < -0.3 is 11.1 Å². The van der Waals surface area contributed by atoms with E-state index < -0.39 is 5.41 Å². The largest absolute Gasteiger partial charge is 0.392 e. The van der Waals surface area contributed by atoms with Crippen LogP contribution < -0.4 is 11.1 Å². The highest BCUT2D eigenvalue weighted by Gasteiger charge is 2.46. The van der Waals surface area contributed by atoms with Crippen molar-refractivity contribution in [3.05, 3.63) is 40.9 Å². The predicted molar refractivity (Wildman–Crippen MR) is 93.3 cm³/mol. The van der Waals surface area contributed by atoms with Gasteiger partial charge in [0.15, 0.2) is 0 Å². The summed E-state index contributed by atoms with van der Waals surface area (Å²) in [4.78, 5) is 12.8. The van der Waals surface area contributed by atoms with Crippen LogP contribution >= 0.6 is 28.1 Å². The number of amides is 1. The maximum atomic E-state index is 12.5. The smallest absolute Gasteiger partial charge is 0.237 e. The van der Waals surface area contributed by atoms with Crippen molar-refractivity contribution in [2.75, 3.05) is 5.32 Å². The van der Waals surface area contributed by atoms with Crippen molar-refractivity contribution in [1.82, 2.24) is 0 Å². The number of thiocarbonyl (C=S) groups is 1. The van der Waals surface area contributed by atoms with Crippen molar-refractivity contribution in [3.8, 4) is 0 Å². The van der Waals surface area contributed by atoms with Crippen molar-refractivity contribution < 1.29 is 4.79 Å². The Morgan fingerprint density at radius 2 is 1.86 bits per heavy atom. The lowest BCUT2D eigenvalue weighted by Crippen LogP contribution is -2.50. The van der Waals surface area contributed by atoms with Crippen LogP contribution in [0.25, 0.3) is 10.8 Å². The van der Waals surface area contributed by atoms with E-state index in [0.29, 0.717) is 4.99 Å². The number of anilines is 1. The topological polar surface area (TPSA) is 55.1 Å². The SMILES string of the molecule is NC(=S)C1(C(=O)Nc2ccc3cc(Br)ccc3c2)CCC1. The van der Waals surface area contributed by atoms with E-state index in [0.717, 1.165) is 40.2 Å². The van der Waals surface area contributed by atoms with Crippen LogP contribution in [-0.2, 0) is 4.79 Å². The molecule has 3 nitrogen and oxygen atoms in total. The zero-order valence-electron chi connectivity index (χ0n) is 11.4. The molecule has 0 heterocycles. The van der Waals surface area contributed by atoms with Gasteiger partial charge in [0.1, 0.15) is 0 Å². The highest BCUT2D eigenvalue weighted by Crippen LogP contribution is 2.42. The summed E-state index contributed by atoms with van der Waals surface area (Å²) in [6.07, 6.45) is 2.49. The van der Waals surface area contributed by atoms with Crippen LogP contribution in [0.1, 0.15) is 19.3 Å². The van der Waals surface area contributed by atoms with E-state index in [2.05, 4.69) is 21.2 Å². The highest BCUT2D eigenvalue weighted by atomic mass is 79.9. The molecule has 108 valence electrons. The minimum atomic E-state index is -0.649. The van der Waals surface area contributed by atoms with E-state index in [9.17, 15) is 4.79 Å². The molecule has 1 saturated carbocycles. The second kappa shape index (κ2) is 5.39. The third-order valence-corrected chi connectivity index (χ3v) is 5.06. The third-order valence-electron chi connectivity index (χ3n) is 4.17. The van der Waals surface area contributed by atoms with Crippen LogP contribution in [0.15, 0.2) is 40.9 Å². The highest BCUT2D eigenvalue weighted by molar-refractivity contribution is 9.10. The van der Waals surface area contributed by atoms with Gasteiger partial charge in [0, 0.05) is 10.2 Å². The van der Waals surface area contributed by atoms with Gasteiger partial charge in [-0.05, 0) is 47.9 Å². The average molecular weight is 363 g/mol. The average Bonchev–Trinajstić information content (AvgIpc) is 2.37. The molecule has 0 aromatic heterocycles. The van der Waals surface area contributed by atoms with E-state index in [4.69, 9.17) is 18.0 Å². The molecular formula is C16H15BrN2OS. The molecule has 21 heavy (non-hydrogen) atoms. The van der Waals surface area contributed by atoms with Gasteiger partial charge >= 0.3 is 0 Å². The van der Waals surface area contributed by atoms with Gasteiger partial charge in [-0.25, -0.2) is 0 Å². The lowest BCUT2D eigenvalue weighted by atomic mass is 9.68. The molecule has 0 bridgehead atoms. The Morgan fingerprint density at radius 3 is 2.48 bits per heavy atom. The molecule has 1 aliphatic carbocycles.